The molecule has 1 heterocycles. The lowest BCUT2D eigenvalue weighted by molar-refractivity contribution is 0.171. The third-order valence-electron chi connectivity index (χ3n) is 4.34. The summed E-state index contributed by atoms with van der Waals surface area (Å²) in [6, 6.07) is 15.5. The summed E-state index contributed by atoms with van der Waals surface area (Å²) in [7, 11) is -7.95. The number of anilines is 1. The number of hydrogen-bond donors (Lipinski definition) is 1. The third-order valence-corrected chi connectivity index (χ3v) is 7.74. The highest BCUT2D eigenvalue weighted by Gasteiger charge is 2.22. The van der Waals surface area contributed by atoms with Crippen molar-refractivity contribution in [2.75, 3.05) is 17.9 Å². The van der Waals surface area contributed by atoms with Crippen LogP contribution in [0.1, 0.15) is 0 Å². The minimum Gasteiger partial charge on any atom is -0.486 e. The van der Waals surface area contributed by atoms with Crippen molar-refractivity contribution in [2.24, 2.45) is 0 Å². The number of nitrogens with one attached hydrogen (secondary N) is 1. The van der Waals surface area contributed by atoms with Crippen molar-refractivity contribution in [3.05, 3.63) is 71.8 Å². The van der Waals surface area contributed by atoms with Gasteiger partial charge in [-0.15, -0.1) is 0 Å². The van der Waals surface area contributed by atoms with Crippen molar-refractivity contribution in [2.45, 2.75) is 14.7 Å². The maximum Gasteiger partial charge on any atom is 0.261 e. The van der Waals surface area contributed by atoms with E-state index in [1.54, 1.807) is 12.1 Å². The average Bonchev–Trinajstić information content (AvgIpc) is 2.74. The number of sulfone groups is 1. The van der Waals surface area contributed by atoms with Gasteiger partial charge in [-0.3, -0.25) is 4.72 Å². The molecule has 156 valence electrons. The van der Waals surface area contributed by atoms with Crippen LogP contribution in [0.5, 0.6) is 11.5 Å². The van der Waals surface area contributed by atoms with Gasteiger partial charge < -0.3 is 9.47 Å². The molecule has 0 bridgehead atoms. The molecule has 0 saturated heterocycles. The number of halogens is 1. The van der Waals surface area contributed by atoms with Gasteiger partial charge in [-0.2, -0.15) is 0 Å². The SMILES string of the molecule is O=S(=O)(Nc1ccc2c(c1)OCCO2)c1cccc(S(=O)(=O)c2ccc(Cl)cc2)c1. The highest BCUT2D eigenvalue weighted by molar-refractivity contribution is 7.93. The number of ether oxygens (including phenoxy) is 2. The van der Waals surface area contributed by atoms with Crippen molar-refractivity contribution in [3.8, 4) is 11.5 Å². The first kappa shape index (κ1) is 20.5. The Morgan fingerprint density at radius 3 is 2.13 bits per heavy atom. The molecule has 0 aliphatic carbocycles. The molecule has 0 radical (unpaired) electrons. The molecular weight excluding hydrogens is 450 g/mol. The van der Waals surface area contributed by atoms with Crippen molar-refractivity contribution in [1.29, 1.82) is 0 Å². The van der Waals surface area contributed by atoms with Crippen LogP contribution < -0.4 is 14.2 Å². The van der Waals surface area contributed by atoms with Gasteiger partial charge in [-0.1, -0.05) is 17.7 Å². The van der Waals surface area contributed by atoms with Gasteiger partial charge in [0.1, 0.15) is 13.2 Å². The average molecular weight is 466 g/mol. The molecule has 30 heavy (non-hydrogen) atoms. The standard InChI is InChI=1S/C20H16ClNO6S2/c21-14-4-7-16(8-5-14)29(23,24)17-2-1-3-18(13-17)30(25,26)22-15-6-9-19-20(12-15)28-11-10-27-19/h1-9,12-13,22H,10-11H2. The summed E-state index contributed by atoms with van der Waals surface area (Å²) in [4.78, 5) is -0.316. The second kappa shape index (κ2) is 7.82. The monoisotopic (exact) mass is 465 g/mol. The smallest absolute Gasteiger partial charge is 0.261 e. The van der Waals surface area contributed by atoms with E-state index in [4.69, 9.17) is 21.1 Å². The summed E-state index contributed by atoms with van der Waals surface area (Å²) in [5.41, 5.74) is 0.269. The quantitative estimate of drug-likeness (QED) is 0.616. The molecule has 0 fully saturated rings. The number of hydrogen-bond acceptors (Lipinski definition) is 6. The van der Waals surface area contributed by atoms with Crippen LogP contribution in [0, 0.1) is 0 Å². The van der Waals surface area contributed by atoms with Crippen LogP contribution in [-0.2, 0) is 19.9 Å². The van der Waals surface area contributed by atoms with Gasteiger partial charge >= 0.3 is 0 Å². The molecule has 0 spiro atoms. The van der Waals surface area contributed by atoms with Crippen LogP contribution in [0.3, 0.4) is 0 Å². The molecule has 10 heteroatoms. The zero-order valence-corrected chi connectivity index (χ0v) is 17.8. The van der Waals surface area contributed by atoms with Crippen molar-refractivity contribution in [3.63, 3.8) is 0 Å². The number of sulfonamides is 1. The molecule has 1 N–H and O–H groups in total. The molecule has 0 atom stereocenters. The molecule has 0 unspecified atom stereocenters. The summed E-state index contributed by atoms with van der Waals surface area (Å²) in [5.74, 6) is 0.959. The Kier molecular flexibility index (Phi) is 5.35. The molecule has 4 rings (SSSR count). The van der Waals surface area contributed by atoms with E-state index >= 15 is 0 Å². The Morgan fingerprint density at radius 2 is 1.40 bits per heavy atom. The molecule has 3 aromatic rings. The molecule has 0 amide bonds. The van der Waals surface area contributed by atoms with Gasteiger partial charge in [0.25, 0.3) is 10.0 Å². The second-order valence-corrected chi connectivity index (χ2v) is 10.5. The highest BCUT2D eigenvalue weighted by atomic mass is 35.5. The fraction of sp³-hybridized carbons (Fsp3) is 0.100. The summed E-state index contributed by atoms with van der Waals surface area (Å²) >= 11 is 5.81. The van der Waals surface area contributed by atoms with Gasteiger partial charge in [0.05, 0.1) is 20.4 Å². The molecule has 0 aromatic heterocycles. The first-order valence-corrected chi connectivity index (χ1v) is 12.1. The van der Waals surface area contributed by atoms with E-state index in [0.717, 1.165) is 6.07 Å². The molecule has 0 saturated carbocycles. The third kappa shape index (κ3) is 4.09. The highest BCUT2D eigenvalue weighted by Crippen LogP contribution is 2.33. The van der Waals surface area contributed by atoms with E-state index in [-0.39, 0.29) is 20.4 Å². The summed E-state index contributed by atoms with van der Waals surface area (Å²) in [6.45, 7) is 0.792. The molecule has 1 aliphatic rings. The number of rotatable bonds is 5. The van der Waals surface area contributed by atoms with Gasteiger partial charge in [-0.25, -0.2) is 16.8 Å². The van der Waals surface area contributed by atoms with Crippen LogP contribution in [0.25, 0.3) is 0 Å². The van der Waals surface area contributed by atoms with Crippen molar-refractivity contribution < 1.29 is 26.3 Å². The number of fused-ring (bicyclic) bond motifs is 1. The van der Waals surface area contributed by atoms with Gasteiger partial charge in [0, 0.05) is 11.1 Å². The van der Waals surface area contributed by atoms with Crippen LogP contribution in [0.2, 0.25) is 5.02 Å². The summed E-state index contributed by atoms with van der Waals surface area (Å²) < 4.78 is 64.7. The second-order valence-electron chi connectivity index (χ2n) is 6.40. The molecule has 3 aromatic carbocycles. The van der Waals surface area contributed by atoms with Gasteiger partial charge in [0.15, 0.2) is 11.5 Å². The Labute approximate surface area is 179 Å². The van der Waals surface area contributed by atoms with Crippen molar-refractivity contribution in [1.82, 2.24) is 0 Å². The van der Waals surface area contributed by atoms with E-state index in [2.05, 4.69) is 4.72 Å². The lowest BCUT2D eigenvalue weighted by Gasteiger charge is -2.19. The van der Waals surface area contributed by atoms with E-state index < -0.39 is 19.9 Å². The van der Waals surface area contributed by atoms with Crippen molar-refractivity contribution >= 4 is 37.1 Å². The zero-order valence-electron chi connectivity index (χ0n) is 15.4. The fourth-order valence-electron chi connectivity index (χ4n) is 2.88. The van der Waals surface area contributed by atoms with E-state index in [1.807, 2.05) is 0 Å². The fourth-order valence-corrected chi connectivity index (χ4v) is 5.48. The van der Waals surface area contributed by atoms with Gasteiger partial charge in [0.2, 0.25) is 9.84 Å². The zero-order chi connectivity index (χ0) is 21.4. The summed E-state index contributed by atoms with van der Waals surface area (Å²) in [6.07, 6.45) is 0. The minimum atomic E-state index is -4.04. The predicted octanol–water partition coefficient (Wildman–Crippen LogP) is 3.74. The Balaban J connectivity index is 1.65. The maximum atomic E-state index is 12.9. The minimum absolute atomic E-state index is 0.0150. The normalized spacial score (nSPS) is 13.6. The van der Waals surface area contributed by atoms with Crippen LogP contribution in [-0.4, -0.2) is 30.0 Å². The number of benzene rings is 3. The first-order valence-electron chi connectivity index (χ1n) is 8.79. The predicted molar refractivity (Wildman–Crippen MR) is 112 cm³/mol. The Morgan fingerprint density at radius 1 is 0.733 bits per heavy atom. The van der Waals surface area contributed by atoms with Crippen LogP contribution in [0.15, 0.2) is 81.4 Å². The topological polar surface area (TPSA) is 98.8 Å². The largest absolute Gasteiger partial charge is 0.486 e. The van der Waals surface area contributed by atoms with Gasteiger partial charge in [-0.05, 0) is 54.6 Å². The Hall–Kier alpha value is -2.75. The lowest BCUT2D eigenvalue weighted by atomic mass is 10.3. The molecule has 7 nitrogen and oxygen atoms in total. The van der Waals surface area contributed by atoms with E-state index in [1.165, 1.54) is 48.5 Å². The summed E-state index contributed by atoms with van der Waals surface area (Å²) in [5, 5.41) is 0.397. The lowest BCUT2D eigenvalue weighted by Crippen LogP contribution is -2.17. The van der Waals surface area contributed by atoms with E-state index in [0.29, 0.717) is 29.7 Å². The maximum absolute atomic E-state index is 12.9. The molecule has 1 aliphatic heterocycles. The van der Waals surface area contributed by atoms with Crippen LogP contribution >= 0.6 is 11.6 Å². The first-order chi connectivity index (χ1) is 14.3. The van der Waals surface area contributed by atoms with Crippen LogP contribution in [0.4, 0.5) is 5.69 Å². The molecular formula is C20H16ClNO6S2. The van der Waals surface area contributed by atoms with E-state index in [9.17, 15) is 16.8 Å². The Bertz CT molecular complexity index is 1310.